The lowest BCUT2D eigenvalue weighted by Crippen LogP contribution is -2.56. The lowest BCUT2D eigenvalue weighted by Gasteiger charge is -2.28. The number of oxime groups is 1. The van der Waals surface area contributed by atoms with Gasteiger partial charge in [0.05, 0.1) is 0 Å². The highest BCUT2D eigenvalue weighted by Gasteiger charge is 2.39. The van der Waals surface area contributed by atoms with E-state index in [9.17, 15) is 4.79 Å². The van der Waals surface area contributed by atoms with Gasteiger partial charge in [0, 0.05) is 7.11 Å². The number of rotatable bonds is 4. The number of amides is 1. The predicted molar refractivity (Wildman–Crippen MR) is 54.6 cm³/mol. The summed E-state index contributed by atoms with van der Waals surface area (Å²) >= 11 is 0. The Morgan fingerprint density at radius 2 is 2.20 bits per heavy atom. The Morgan fingerprint density at radius 3 is 2.67 bits per heavy atom. The predicted octanol–water partition coefficient (Wildman–Crippen LogP) is -0.192. The quantitative estimate of drug-likeness (QED) is 0.262. The Bertz CT molecular complexity index is 259. The van der Waals surface area contributed by atoms with Crippen molar-refractivity contribution in [3.63, 3.8) is 0 Å². The summed E-state index contributed by atoms with van der Waals surface area (Å²) in [6, 6.07) is 0. The molecule has 0 aromatic rings. The van der Waals surface area contributed by atoms with Crippen LogP contribution in [0.3, 0.4) is 0 Å². The zero-order valence-electron chi connectivity index (χ0n) is 8.82. The number of hydrogen-bond acceptors (Lipinski definition) is 4. The Morgan fingerprint density at radius 1 is 1.60 bits per heavy atom. The minimum Gasteiger partial charge on any atom is -0.409 e. The van der Waals surface area contributed by atoms with Gasteiger partial charge < -0.3 is 21.0 Å². The van der Waals surface area contributed by atoms with E-state index in [1.807, 2.05) is 0 Å². The first-order valence-corrected chi connectivity index (χ1v) is 4.92. The minimum absolute atomic E-state index is 0.0134. The lowest BCUT2D eigenvalue weighted by molar-refractivity contribution is -0.126. The third-order valence-electron chi connectivity index (χ3n) is 2.71. The highest BCUT2D eigenvalue weighted by Crippen LogP contribution is 2.29. The van der Waals surface area contributed by atoms with Crippen LogP contribution in [-0.2, 0) is 9.53 Å². The molecule has 4 N–H and O–H groups in total. The van der Waals surface area contributed by atoms with Crippen LogP contribution in [0.5, 0.6) is 0 Å². The smallest absolute Gasteiger partial charge is 0.246 e. The Hall–Kier alpha value is -1.30. The molecule has 1 aliphatic carbocycles. The van der Waals surface area contributed by atoms with E-state index in [0.717, 1.165) is 12.8 Å². The summed E-state index contributed by atoms with van der Waals surface area (Å²) in [4.78, 5) is 11.4. The van der Waals surface area contributed by atoms with Crippen LogP contribution in [0.2, 0.25) is 0 Å². The normalized spacial score (nSPS) is 20.2. The third-order valence-corrected chi connectivity index (χ3v) is 2.71. The van der Waals surface area contributed by atoms with Gasteiger partial charge in [0.25, 0.3) is 0 Å². The Labute approximate surface area is 88.5 Å². The van der Waals surface area contributed by atoms with E-state index < -0.39 is 5.54 Å². The molecule has 1 fully saturated rings. The van der Waals surface area contributed by atoms with Crippen LogP contribution in [0.15, 0.2) is 5.16 Å². The molecule has 0 unspecified atom stereocenters. The number of ether oxygens (including phenoxy) is 1. The second kappa shape index (κ2) is 4.97. The first kappa shape index (κ1) is 11.8. The molecule has 1 saturated carbocycles. The number of nitrogens with two attached hydrogens (primary N) is 1. The van der Waals surface area contributed by atoms with Gasteiger partial charge in [-0.25, -0.2) is 0 Å². The topological polar surface area (TPSA) is 96.9 Å². The molecule has 0 saturated heterocycles. The fourth-order valence-corrected chi connectivity index (χ4v) is 1.95. The lowest BCUT2D eigenvalue weighted by atomic mass is 9.96. The molecule has 0 atom stereocenters. The summed E-state index contributed by atoms with van der Waals surface area (Å²) in [5.74, 6) is -0.171. The molecular formula is C9H17N3O3. The highest BCUT2D eigenvalue weighted by molar-refractivity contribution is 5.94. The number of carbonyl (C=O) groups excluding carboxylic acids is 1. The van der Waals surface area contributed by atoms with Crippen molar-refractivity contribution in [2.45, 2.75) is 31.2 Å². The van der Waals surface area contributed by atoms with Crippen LogP contribution in [0, 0.1) is 0 Å². The van der Waals surface area contributed by atoms with Gasteiger partial charge in [-0.05, 0) is 12.8 Å². The first-order chi connectivity index (χ1) is 7.14. The standard InChI is InChI=1S/C9H17N3O3/c1-15-6-7(13)11-9(8(10)12-14)4-2-3-5-9/h14H,2-6H2,1H3,(H2,10,12)(H,11,13). The van der Waals surface area contributed by atoms with Gasteiger partial charge in [-0.15, -0.1) is 0 Å². The SMILES string of the molecule is COCC(=O)NC1(C(N)=NO)CCCC1. The van der Waals surface area contributed by atoms with Crippen molar-refractivity contribution >= 4 is 11.7 Å². The number of nitrogens with zero attached hydrogens (tertiary/aromatic N) is 1. The largest absolute Gasteiger partial charge is 0.409 e. The van der Waals surface area contributed by atoms with Crippen molar-refractivity contribution in [2.24, 2.45) is 10.9 Å². The van der Waals surface area contributed by atoms with Crippen molar-refractivity contribution in [3.05, 3.63) is 0 Å². The second-order valence-corrected chi connectivity index (χ2v) is 3.76. The molecule has 0 spiro atoms. The fraction of sp³-hybridized carbons (Fsp3) is 0.778. The molecule has 15 heavy (non-hydrogen) atoms. The zero-order chi connectivity index (χ0) is 11.3. The minimum atomic E-state index is -0.676. The van der Waals surface area contributed by atoms with Gasteiger partial charge in [-0.3, -0.25) is 4.79 Å². The monoisotopic (exact) mass is 215 g/mol. The van der Waals surface area contributed by atoms with Crippen LogP contribution in [0.25, 0.3) is 0 Å². The first-order valence-electron chi connectivity index (χ1n) is 4.92. The fourth-order valence-electron chi connectivity index (χ4n) is 1.95. The van der Waals surface area contributed by atoms with Crippen LogP contribution in [-0.4, -0.2) is 36.2 Å². The van der Waals surface area contributed by atoms with E-state index in [0.29, 0.717) is 12.8 Å². The Kier molecular flexibility index (Phi) is 3.90. The molecule has 1 rings (SSSR count). The maximum absolute atomic E-state index is 11.4. The van der Waals surface area contributed by atoms with E-state index in [1.54, 1.807) is 0 Å². The number of methoxy groups -OCH3 is 1. The van der Waals surface area contributed by atoms with Gasteiger partial charge in [0.2, 0.25) is 5.91 Å². The summed E-state index contributed by atoms with van der Waals surface area (Å²) in [7, 11) is 1.45. The zero-order valence-corrected chi connectivity index (χ0v) is 8.82. The molecule has 6 nitrogen and oxygen atoms in total. The average molecular weight is 215 g/mol. The van der Waals surface area contributed by atoms with Crippen LogP contribution in [0.1, 0.15) is 25.7 Å². The van der Waals surface area contributed by atoms with Gasteiger partial charge in [0.1, 0.15) is 12.1 Å². The molecule has 86 valence electrons. The highest BCUT2D eigenvalue weighted by atomic mass is 16.5. The summed E-state index contributed by atoms with van der Waals surface area (Å²) in [6.45, 7) is -0.0134. The molecule has 1 amide bonds. The van der Waals surface area contributed by atoms with Crippen molar-refractivity contribution in [3.8, 4) is 0 Å². The van der Waals surface area contributed by atoms with Gasteiger partial charge >= 0.3 is 0 Å². The van der Waals surface area contributed by atoms with Crippen molar-refractivity contribution < 1.29 is 14.7 Å². The molecule has 0 aromatic carbocycles. The maximum Gasteiger partial charge on any atom is 0.246 e. The van der Waals surface area contributed by atoms with Gasteiger partial charge in [-0.2, -0.15) is 0 Å². The van der Waals surface area contributed by atoms with E-state index in [2.05, 4.69) is 10.5 Å². The molecule has 6 heteroatoms. The van der Waals surface area contributed by atoms with E-state index in [-0.39, 0.29) is 18.3 Å². The molecule has 0 aliphatic heterocycles. The van der Waals surface area contributed by atoms with Crippen molar-refractivity contribution in [1.82, 2.24) is 5.32 Å². The number of hydrogen-bond donors (Lipinski definition) is 3. The summed E-state index contributed by atoms with van der Waals surface area (Å²) in [6.07, 6.45) is 3.34. The van der Waals surface area contributed by atoms with Crippen molar-refractivity contribution in [1.29, 1.82) is 0 Å². The second-order valence-electron chi connectivity index (χ2n) is 3.76. The van der Waals surface area contributed by atoms with Gasteiger partial charge in [-0.1, -0.05) is 18.0 Å². The number of carbonyl (C=O) groups is 1. The summed E-state index contributed by atoms with van der Waals surface area (Å²) in [5, 5.41) is 14.4. The molecule has 1 aliphatic rings. The number of amidine groups is 1. The molecule has 0 radical (unpaired) electrons. The van der Waals surface area contributed by atoms with E-state index >= 15 is 0 Å². The Balaban J connectivity index is 2.70. The van der Waals surface area contributed by atoms with E-state index in [1.165, 1.54) is 7.11 Å². The third kappa shape index (κ3) is 2.59. The molecule has 0 aromatic heterocycles. The van der Waals surface area contributed by atoms with E-state index in [4.69, 9.17) is 15.7 Å². The molecular weight excluding hydrogens is 198 g/mol. The van der Waals surface area contributed by atoms with Crippen molar-refractivity contribution in [2.75, 3.05) is 13.7 Å². The van der Waals surface area contributed by atoms with Crippen LogP contribution >= 0.6 is 0 Å². The maximum atomic E-state index is 11.4. The summed E-state index contributed by atoms with van der Waals surface area (Å²) in [5.41, 5.74) is 4.93. The number of nitrogens with one attached hydrogen (secondary N) is 1. The molecule has 0 bridgehead atoms. The molecule has 0 heterocycles. The van der Waals surface area contributed by atoms with Crippen LogP contribution in [0.4, 0.5) is 0 Å². The van der Waals surface area contributed by atoms with Crippen LogP contribution < -0.4 is 11.1 Å². The van der Waals surface area contributed by atoms with Gasteiger partial charge in [0.15, 0.2) is 5.84 Å². The average Bonchev–Trinajstić information content (AvgIpc) is 2.66. The summed E-state index contributed by atoms with van der Waals surface area (Å²) < 4.78 is 4.72.